The molecule has 0 aromatic carbocycles. The summed E-state index contributed by atoms with van der Waals surface area (Å²) >= 11 is 0. The zero-order valence-electron chi connectivity index (χ0n) is 11.3. The maximum Gasteiger partial charge on any atom is 0.0552 e. The van der Waals surface area contributed by atoms with E-state index in [0.29, 0.717) is 12.1 Å². The number of aromatic nitrogens is 2. The van der Waals surface area contributed by atoms with Gasteiger partial charge in [-0.05, 0) is 39.3 Å². The highest BCUT2D eigenvalue weighted by atomic mass is 15.3. The van der Waals surface area contributed by atoms with Crippen LogP contribution in [0.5, 0.6) is 0 Å². The third-order valence-electron chi connectivity index (χ3n) is 3.16. The molecule has 1 aromatic rings. The van der Waals surface area contributed by atoms with E-state index in [1.807, 2.05) is 31.8 Å². The Labute approximate surface area is 99.4 Å². The third kappa shape index (κ3) is 2.64. The van der Waals surface area contributed by atoms with Crippen LogP contribution in [0.1, 0.15) is 52.3 Å². The van der Waals surface area contributed by atoms with E-state index in [0.717, 1.165) is 0 Å². The SMILES string of the molecule is CC.CC(C)N1CCCC1c1ccnn1C. The summed E-state index contributed by atoms with van der Waals surface area (Å²) in [6.45, 7) is 9.77. The van der Waals surface area contributed by atoms with Crippen molar-refractivity contribution >= 4 is 0 Å². The van der Waals surface area contributed by atoms with E-state index >= 15 is 0 Å². The van der Waals surface area contributed by atoms with Gasteiger partial charge in [-0.2, -0.15) is 5.10 Å². The van der Waals surface area contributed by atoms with Gasteiger partial charge in [0.25, 0.3) is 0 Å². The van der Waals surface area contributed by atoms with Gasteiger partial charge in [-0.3, -0.25) is 9.58 Å². The van der Waals surface area contributed by atoms with Crippen LogP contribution >= 0.6 is 0 Å². The van der Waals surface area contributed by atoms with E-state index in [2.05, 4.69) is 29.9 Å². The van der Waals surface area contributed by atoms with Gasteiger partial charge in [0.05, 0.1) is 11.7 Å². The van der Waals surface area contributed by atoms with Crippen LogP contribution in [0.25, 0.3) is 0 Å². The summed E-state index contributed by atoms with van der Waals surface area (Å²) in [5.74, 6) is 0. The monoisotopic (exact) mass is 223 g/mol. The fourth-order valence-electron chi connectivity index (χ4n) is 2.44. The Kier molecular flexibility index (Phi) is 5.00. The van der Waals surface area contributed by atoms with Gasteiger partial charge >= 0.3 is 0 Å². The summed E-state index contributed by atoms with van der Waals surface area (Å²) in [6.07, 6.45) is 4.48. The first-order chi connectivity index (χ1) is 7.70. The number of nitrogens with zero attached hydrogens (tertiary/aromatic N) is 3. The van der Waals surface area contributed by atoms with Crippen LogP contribution < -0.4 is 0 Å². The topological polar surface area (TPSA) is 21.1 Å². The smallest absolute Gasteiger partial charge is 0.0552 e. The van der Waals surface area contributed by atoms with Crippen molar-refractivity contribution in [3.8, 4) is 0 Å². The minimum absolute atomic E-state index is 0.586. The predicted molar refractivity (Wildman–Crippen MR) is 68.4 cm³/mol. The molecule has 1 aliphatic heterocycles. The van der Waals surface area contributed by atoms with Gasteiger partial charge in [-0.1, -0.05) is 13.8 Å². The highest BCUT2D eigenvalue weighted by Gasteiger charge is 2.29. The maximum absolute atomic E-state index is 4.24. The lowest BCUT2D eigenvalue weighted by Crippen LogP contribution is -2.31. The van der Waals surface area contributed by atoms with Crippen molar-refractivity contribution < 1.29 is 0 Å². The average molecular weight is 223 g/mol. The molecule has 3 heteroatoms. The van der Waals surface area contributed by atoms with E-state index in [1.54, 1.807) is 0 Å². The Balaban J connectivity index is 0.000000606. The Morgan fingerprint density at radius 2 is 2.06 bits per heavy atom. The van der Waals surface area contributed by atoms with Crippen LogP contribution in [0.15, 0.2) is 12.3 Å². The molecule has 0 spiro atoms. The predicted octanol–water partition coefficient (Wildman–Crippen LogP) is 2.99. The molecule has 1 fully saturated rings. The second-order valence-electron chi connectivity index (χ2n) is 4.37. The first kappa shape index (κ1) is 13.2. The molecular formula is C13H25N3. The summed E-state index contributed by atoms with van der Waals surface area (Å²) in [7, 11) is 2.03. The molecular weight excluding hydrogens is 198 g/mol. The van der Waals surface area contributed by atoms with Crippen LogP contribution in [-0.2, 0) is 7.05 Å². The summed E-state index contributed by atoms with van der Waals surface area (Å²) in [5, 5.41) is 4.24. The normalized spacial score (nSPS) is 21.0. The molecule has 0 amide bonds. The van der Waals surface area contributed by atoms with Crippen molar-refractivity contribution in [3.63, 3.8) is 0 Å². The number of aryl methyl sites for hydroxylation is 1. The Morgan fingerprint density at radius 3 is 2.56 bits per heavy atom. The van der Waals surface area contributed by atoms with Crippen molar-refractivity contribution in [1.29, 1.82) is 0 Å². The van der Waals surface area contributed by atoms with Gasteiger partial charge in [-0.25, -0.2) is 0 Å². The van der Waals surface area contributed by atoms with E-state index in [9.17, 15) is 0 Å². The van der Waals surface area contributed by atoms with Gasteiger partial charge in [-0.15, -0.1) is 0 Å². The van der Waals surface area contributed by atoms with Gasteiger partial charge in [0.15, 0.2) is 0 Å². The second kappa shape index (κ2) is 6.04. The fourth-order valence-corrected chi connectivity index (χ4v) is 2.44. The lowest BCUT2D eigenvalue weighted by atomic mass is 10.1. The Bertz CT molecular complexity index is 304. The highest BCUT2D eigenvalue weighted by molar-refractivity contribution is 5.09. The summed E-state index contributed by atoms with van der Waals surface area (Å²) < 4.78 is 2.01. The molecule has 0 aliphatic carbocycles. The lowest BCUT2D eigenvalue weighted by Gasteiger charge is -2.28. The van der Waals surface area contributed by atoms with E-state index in [1.165, 1.54) is 25.1 Å². The number of hydrogen-bond donors (Lipinski definition) is 0. The summed E-state index contributed by atoms with van der Waals surface area (Å²) in [5.41, 5.74) is 1.36. The van der Waals surface area contributed by atoms with Crippen LogP contribution in [0, 0.1) is 0 Å². The van der Waals surface area contributed by atoms with Crippen LogP contribution in [0.4, 0.5) is 0 Å². The van der Waals surface area contributed by atoms with Gasteiger partial charge in [0.2, 0.25) is 0 Å². The maximum atomic E-state index is 4.24. The largest absolute Gasteiger partial charge is 0.292 e. The molecule has 0 N–H and O–H groups in total. The van der Waals surface area contributed by atoms with Gasteiger partial charge in [0, 0.05) is 19.3 Å². The standard InChI is InChI=1S/C11H19N3.C2H6/c1-9(2)14-8-4-5-11(14)10-6-7-12-13(10)3;1-2/h6-7,9,11H,4-5,8H2,1-3H3;1-2H3. The van der Waals surface area contributed by atoms with E-state index in [-0.39, 0.29) is 0 Å². The quantitative estimate of drug-likeness (QED) is 0.768. The van der Waals surface area contributed by atoms with Gasteiger partial charge < -0.3 is 0 Å². The molecule has 2 heterocycles. The van der Waals surface area contributed by atoms with Crippen molar-refractivity contribution in [2.75, 3.05) is 6.54 Å². The lowest BCUT2D eigenvalue weighted by molar-refractivity contribution is 0.198. The average Bonchev–Trinajstić information content (AvgIpc) is 2.88. The zero-order chi connectivity index (χ0) is 12.1. The highest BCUT2D eigenvalue weighted by Crippen LogP contribution is 2.32. The molecule has 1 saturated heterocycles. The summed E-state index contributed by atoms with van der Waals surface area (Å²) in [6, 6.07) is 3.37. The van der Waals surface area contributed by atoms with Crippen molar-refractivity contribution in [3.05, 3.63) is 18.0 Å². The summed E-state index contributed by atoms with van der Waals surface area (Å²) in [4.78, 5) is 2.57. The van der Waals surface area contributed by atoms with Crippen molar-refractivity contribution in [2.24, 2.45) is 7.05 Å². The van der Waals surface area contributed by atoms with E-state index < -0.39 is 0 Å². The molecule has 1 aromatic heterocycles. The third-order valence-corrected chi connectivity index (χ3v) is 3.16. The molecule has 92 valence electrons. The minimum Gasteiger partial charge on any atom is -0.292 e. The Hall–Kier alpha value is -0.830. The molecule has 1 unspecified atom stereocenters. The second-order valence-corrected chi connectivity index (χ2v) is 4.37. The number of hydrogen-bond acceptors (Lipinski definition) is 2. The van der Waals surface area contributed by atoms with Gasteiger partial charge in [0.1, 0.15) is 0 Å². The first-order valence-electron chi connectivity index (χ1n) is 6.44. The number of likely N-dealkylation sites (tertiary alicyclic amines) is 1. The minimum atomic E-state index is 0.586. The fraction of sp³-hybridized carbons (Fsp3) is 0.769. The molecule has 0 saturated carbocycles. The molecule has 0 bridgehead atoms. The van der Waals surface area contributed by atoms with Crippen LogP contribution in [0.2, 0.25) is 0 Å². The Morgan fingerprint density at radius 1 is 1.38 bits per heavy atom. The molecule has 3 nitrogen and oxygen atoms in total. The number of rotatable bonds is 2. The van der Waals surface area contributed by atoms with Crippen molar-refractivity contribution in [1.82, 2.24) is 14.7 Å². The van der Waals surface area contributed by atoms with Crippen LogP contribution in [-0.4, -0.2) is 27.3 Å². The molecule has 16 heavy (non-hydrogen) atoms. The van der Waals surface area contributed by atoms with E-state index in [4.69, 9.17) is 0 Å². The first-order valence-corrected chi connectivity index (χ1v) is 6.44. The van der Waals surface area contributed by atoms with Crippen molar-refractivity contribution in [2.45, 2.75) is 52.6 Å². The molecule has 2 rings (SSSR count). The zero-order valence-corrected chi connectivity index (χ0v) is 11.3. The molecule has 1 aliphatic rings. The molecule has 0 radical (unpaired) electrons. The molecule has 1 atom stereocenters. The van der Waals surface area contributed by atoms with Crippen LogP contribution in [0.3, 0.4) is 0 Å².